The van der Waals surface area contributed by atoms with Crippen molar-refractivity contribution in [1.82, 2.24) is 15.6 Å². The molecular weight excluding hydrogens is 463 g/mol. The van der Waals surface area contributed by atoms with Gasteiger partial charge in [0.15, 0.2) is 5.96 Å². The molecule has 26 heavy (non-hydrogen) atoms. The summed E-state index contributed by atoms with van der Waals surface area (Å²) in [6, 6.07) is 9.93. The fourth-order valence-corrected chi connectivity index (χ4v) is 2.40. The van der Waals surface area contributed by atoms with Gasteiger partial charge in [-0.25, -0.2) is 9.98 Å². The molecule has 2 N–H and O–H groups in total. The Kier molecular flexibility index (Phi) is 10.3. The number of aryl methyl sites for hydroxylation is 1. The Morgan fingerprint density at radius 1 is 1.19 bits per heavy atom. The Bertz CT molecular complexity index is 707. The van der Waals surface area contributed by atoms with Gasteiger partial charge >= 0.3 is 0 Å². The number of aromatic nitrogens is 1. The molecule has 1 aromatic heterocycles. The largest absolute Gasteiger partial charge is 0.494 e. The van der Waals surface area contributed by atoms with Gasteiger partial charge in [-0.2, -0.15) is 0 Å². The molecular formula is C19H26ClIN4O. The minimum Gasteiger partial charge on any atom is -0.494 e. The fourth-order valence-electron chi connectivity index (χ4n) is 2.29. The van der Waals surface area contributed by atoms with Gasteiger partial charge in [0.05, 0.1) is 13.2 Å². The van der Waals surface area contributed by atoms with Crippen molar-refractivity contribution in [3.05, 3.63) is 58.4 Å². The molecule has 142 valence electrons. The third-order valence-electron chi connectivity index (χ3n) is 3.52. The van der Waals surface area contributed by atoms with Gasteiger partial charge in [0, 0.05) is 24.8 Å². The van der Waals surface area contributed by atoms with Gasteiger partial charge in [-0.05, 0) is 44.0 Å². The average Bonchev–Trinajstić information content (AvgIpc) is 2.60. The quantitative estimate of drug-likeness (QED) is 0.264. The number of hydrogen-bond acceptors (Lipinski definition) is 3. The van der Waals surface area contributed by atoms with Crippen molar-refractivity contribution >= 4 is 41.5 Å². The van der Waals surface area contributed by atoms with Crippen LogP contribution in [0.1, 0.15) is 30.5 Å². The normalized spacial score (nSPS) is 10.8. The number of aliphatic imine (C=N–C) groups is 1. The molecule has 0 saturated carbocycles. The smallest absolute Gasteiger partial charge is 0.191 e. The van der Waals surface area contributed by atoms with Crippen LogP contribution < -0.4 is 15.4 Å². The standard InChI is InChI=1S/C19H25ClN4O.HI/c1-4-21-19(23-12-15-7-9-18(20)22-11-15)24-13-16-8-6-14(3)10-17(16)25-5-2;/h6-11H,4-5,12-13H2,1-3H3,(H2,21,23,24);1H. The molecule has 1 aromatic carbocycles. The van der Waals surface area contributed by atoms with Crippen LogP contribution in [-0.2, 0) is 13.1 Å². The second-order valence-corrected chi connectivity index (χ2v) is 5.97. The highest BCUT2D eigenvalue weighted by atomic mass is 127. The molecule has 0 unspecified atom stereocenters. The lowest BCUT2D eigenvalue weighted by atomic mass is 10.1. The number of halogens is 2. The van der Waals surface area contributed by atoms with Gasteiger partial charge in [-0.1, -0.05) is 29.8 Å². The predicted octanol–water partition coefficient (Wildman–Crippen LogP) is 4.32. The van der Waals surface area contributed by atoms with E-state index in [1.165, 1.54) is 5.56 Å². The summed E-state index contributed by atoms with van der Waals surface area (Å²) in [5.74, 6) is 1.66. The van der Waals surface area contributed by atoms with Gasteiger partial charge in [0.25, 0.3) is 0 Å². The molecule has 0 atom stereocenters. The zero-order chi connectivity index (χ0) is 18.1. The molecule has 1 heterocycles. The van der Waals surface area contributed by atoms with E-state index in [1.54, 1.807) is 12.3 Å². The first-order valence-electron chi connectivity index (χ1n) is 8.47. The number of guanidine groups is 1. The summed E-state index contributed by atoms with van der Waals surface area (Å²) >= 11 is 5.81. The summed E-state index contributed by atoms with van der Waals surface area (Å²) in [5, 5.41) is 7.08. The Morgan fingerprint density at radius 2 is 2.00 bits per heavy atom. The number of rotatable bonds is 7. The molecule has 0 aliphatic carbocycles. The second-order valence-electron chi connectivity index (χ2n) is 5.58. The molecule has 0 aliphatic rings. The van der Waals surface area contributed by atoms with Gasteiger partial charge in [-0.15, -0.1) is 24.0 Å². The van der Waals surface area contributed by atoms with Crippen molar-refractivity contribution in [2.45, 2.75) is 33.9 Å². The van der Waals surface area contributed by atoms with E-state index < -0.39 is 0 Å². The minimum absolute atomic E-state index is 0. The minimum atomic E-state index is 0. The monoisotopic (exact) mass is 488 g/mol. The molecule has 0 bridgehead atoms. The van der Waals surface area contributed by atoms with E-state index in [0.717, 1.165) is 29.4 Å². The van der Waals surface area contributed by atoms with Crippen LogP contribution >= 0.6 is 35.6 Å². The zero-order valence-corrected chi connectivity index (χ0v) is 18.5. The Morgan fingerprint density at radius 3 is 2.65 bits per heavy atom. The predicted molar refractivity (Wildman–Crippen MR) is 119 cm³/mol. The van der Waals surface area contributed by atoms with E-state index >= 15 is 0 Å². The molecule has 0 amide bonds. The van der Waals surface area contributed by atoms with Crippen LogP contribution in [0.2, 0.25) is 5.15 Å². The van der Waals surface area contributed by atoms with Crippen LogP contribution in [0.5, 0.6) is 5.75 Å². The lowest BCUT2D eigenvalue weighted by Gasteiger charge is -2.14. The summed E-state index contributed by atoms with van der Waals surface area (Å²) < 4.78 is 5.73. The lowest BCUT2D eigenvalue weighted by Crippen LogP contribution is -2.36. The van der Waals surface area contributed by atoms with Crippen molar-refractivity contribution in [3.63, 3.8) is 0 Å². The van der Waals surface area contributed by atoms with Gasteiger partial charge in [0.1, 0.15) is 10.9 Å². The number of nitrogens with zero attached hydrogens (tertiary/aromatic N) is 2. The summed E-state index contributed by atoms with van der Waals surface area (Å²) in [7, 11) is 0. The van der Waals surface area contributed by atoms with Crippen LogP contribution in [0.15, 0.2) is 41.5 Å². The van der Waals surface area contributed by atoms with Crippen molar-refractivity contribution in [3.8, 4) is 5.75 Å². The molecule has 2 rings (SSSR count). The number of hydrogen-bond donors (Lipinski definition) is 2. The maximum Gasteiger partial charge on any atom is 0.191 e. The molecule has 0 radical (unpaired) electrons. The van der Waals surface area contributed by atoms with Crippen LogP contribution in [0.3, 0.4) is 0 Å². The molecule has 0 saturated heterocycles. The third kappa shape index (κ3) is 7.37. The number of ether oxygens (including phenoxy) is 1. The molecule has 5 nitrogen and oxygen atoms in total. The van der Waals surface area contributed by atoms with Crippen LogP contribution in [0.4, 0.5) is 0 Å². The zero-order valence-electron chi connectivity index (χ0n) is 15.4. The highest BCUT2D eigenvalue weighted by Crippen LogP contribution is 2.20. The van der Waals surface area contributed by atoms with Gasteiger partial charge in [0.2, 0.25) is 0 Å². The number of benzene rings is 1. The first-order chi connectivity index (χ1) is 12.1. The van der Waals surface area contributed by atoms with E-state index in [4.69, 9.17) is 16.3 Å². The van der Waals surface area contributed by atoms with E-state index in [2.05, 4.69) is 45.7 Å². The first-order valence-corrected chi connectivity index (χ1v) is 8.85. The van der Waals surface area contributed by atoms with Crippen molar-refractivity contribution in [2.75, 3.05) is 13.2 Å². The van der Waals surface area contributed by atoms with Crippen molar-refractivity contribution in [2.24, 2.45) is 4.99 Å². The maximum atomic E-state index is 5.81. The highest BCUT2D eigenvalue weighted by Gasteiger charge is 2.05. The summed E-state index contributed by atoms with van der Waals surface area (Å²) in [6.45, 7) is 8.70. The topological polar surface area (TPSA) is 58.5 Å². The highest BCUT2D eigenvalue weighted by molar-refractivity contribution is 14.0. The Balaban J connectivity index is 0.00000338. The molecule has 0 fully saturated rings. The van der Waals surface area contributed by atoms with E-state index in [-0.39, 0.29) is 24.0 Å². The number of pyridine rings is 1. The fraction of sp³-hybridized carbons (Fsp3) is 0.368. The van der Waals surface area contributed by atoms with Crippen LogP contribution in [0.25, 0.3) is 0 Å². The van der Waals surface area contributed by atoms with Crippen molar-refractivity contribution < 1.29 is 4.74 Å². The van der Waals surface area contributed by atoms with E-state index in [1.807, 2.05) is 19.9 Å². The molecule has 0 aliphatic heterocycles. The molecule has 0 spiro atoms. The van der Waals surface area contributed by atoms with Gasteiger partial charge in [-0.3, -0.25) is 0 Å². The summed E-state index contributed by atoms with van der Waals surface area (Å²) in [6.07, 6.45) is 1.74. The summed E-state index contributed by atoms with van der Waals surface area (Å²) in [4.78, 5) is 8.67. The van der Waals surface area contributed by atoms with E-state index in [9.17, 15) is 0 Å². The Labute approximate surface area is 177 Å². The maximum absolute atomic E-state index is 5.81. The Hall–Kier alpha value is -1.54. The molecule has 2 aromatic rings. The average molecular weight is 489 g/mol. The second kappa shape index (κ2) is 12.0. The van der Waals surface area contributed by atoms with Crippen LogP contribution in [0, 0.1) is 6.92 Å². The van der Waals surface area contributed by atoms with Crippen LogP contribution in [-0.4, -0.2) is 24.1 Å². The number of nitrogens with one attached hydrogen (secondary N) is 2. The first kappa shape index (κ1) is 22.5. The van der Waals surface area contributed by atoms with E-state index in [0.29, 0.717) is 24.8 Å². The lowest BCUT2D eigenvalue weighted by molar-refractivity contribution is 0.336. The summed E-state index contributed by atoms with van der Waals surface area (Å²) in [5.41, 5.74) is 3.29. The van der Waals surface area contributed by atoms with Gasteiger partial charge < -0.3 is 15.4 Å². The molecule has 7 heteroatoms. The third-order valence-corrected chi connectivity index (χ3v) is 3.74. The van der Waals surface area contributed by atoms with Crippen molar-refractivity contribution in [1.29, 1.82) is 0 Å². The SMILES string of the molecule is CCNC(=NCc1ccc(Cl)nc1)NCc1ccc(C)cc1OCC.I.